The van der Waals surface area contributed by atoms with Crippen molar-refractivity contribution < 1.29 is 9.72 Å². The second kappa shape index (κ2) is 5.02. The SMILES string of the molecule is CN1C2=NC(=O)C(=Cc3ccccc3[N+](=O)[O-])N2c2ccccc21. The topological polar surface area (TPSA) is 79.0 Å². The number of carbonyl (C=O) groups excluding carboxylic acids is 1. The van der Waals surface area contributed by atoms with Crippen molar-refractivity contribution in [3.8, 4) is 0 Å². The van der Waals surface area contributed by atoms with Crippen LogP contribution < -0.4 is 9.80 Å². The van der Waals surface area contributed by atoms with Gasteiger partial charge in [-0.3, -0.25) is 19.8 Å². The van der Waals surface area contributed by atoms with Crippen LogP contribution in [0.2, 0.25) is 0 Å². The molecule has 0 bridgehead atoms. The molecule has 0 N–H and O–H groups in total. The highest BCUT2D eigenvalue weighted by Gasteiger charge is 2.40. The van der Waals surface area contributed by atoms with Crippen molar-refractivity contribution in [3.05, 3.63) is 69.9 Å². The van der Waals surface area contributed by atoms with Gasteiger partial charge >= 0.3 is 0 Å². The number of guanidine groups is 1. The number of fused-ring (bicyclic) bond motifs is 3. The number of rotatable bonds is 2. The Bertz CT molecular complexity index is 948. The molecule has 0 spiro atoms. The molecule has 0 radical (unpaired) electrons. The third-order valence-electron chi connectivity index (χ3n) is 4.07. The van der Waals surface area contributed by atoms with Gasteiger partial charge in [-0.05, 0) is 24.3 Å². The van der Waals surface area contributed by atoms with Crippen LogP contribution in [0.4, 0.5) is 17.1 Å². The van der Waals surface area contributed by atoms with E-state index >= 15 is 0 Å². The number of benzene rings is 2. The predicted molar refractivity (Wildman–Crippen MR) is 90.8 cm³/mol. The number of carbonyl (C=O) groups is 1. The van der Waals surface area contributed by atoms with Gasteiger partial charge in [0.1, 0.15) is 5.70 Å². The molecule has 118 valence electrons. The van der Waals surface area contributed by atoms with Gasteiger partial charge in [-0.15, -0.1) is 0 Å². The molecule has 0 aliphatic carbocycles. The molecule has 0 aromatic heterocycles. The molecule has 0 atom stereocenters. The normalized spacial score (nSPS) is 17.1. The first-order chi connectivity index (χ1) is 11.6. The van der Waals surface area contributed by atoms with Crippen LogP contribution in [0.25, 0.3) is 6.08 Å². The summed E-state index contributed by atoms with van der Waals surface area (Å²) in [5.74, 6) is 0.0931. The van der Waals surface area contributed by atoms with Crippen molar-refractivity contribution in [2.24, 2.45) is 4.99 Å². The van der Waals surface area contributed by atoms with Crippen molar-refractivity contribution in [1.82, 2.24) is 0 Å². The lowest BCUT2D eigenvalue weighted by Crippen LogP contribution is -2.31. The maximum atomic E-state index is 12.3. The third-order valence-corrected chi connectivity index (χ3v) is 4.07. The summed E-state index contributed by atoms with van der Waals surface area (Å²) in [5, 5.41) is 11.2. The number of amides is 1. The van der Waals surface area contributed by atoms with E-state index < -0.39 is 10.8 Å². The number of nitro groups is 1. The lowest BCUT2D eigenvalue weighted by molar-refractivity contribution is -0.385. The van der Waals surface area contributed by atoms with Gasteiger partial charge in [-0.25, -0.2) is 0 Å². The molecule has 2 heterocycles. The molecular formula is C17H12N4O3. The molecule has 0 saturated heterocycles. The molecule has 2 aromatic rings. The number of para-hydroxylation sites is 3. The van der Waals surface area contributed by atoms with Gasteiger partial charge in [0, 0.05) is 13.1 Å². The highest BCUT2D eigenvalue weighted by Crippen LogP contribution is 2.41. The van der Waals surface area contributed by atoms with Gasteiger partial charge in [-0.1, -0.05) is 24.3 Å². The van der Waals surface area contributed by atoms with E-state index in [0.29, 0.717) is 17.2 Å². The summed E-state index contributed by atoms with van der Waals surface area (Å²) in [6.45, 7) is 0. The Hall–Kier alpha value is -3.48. The summed E-state index contributed by atoms with van der Waals surface area (Å²) in [6, 6.07) is 13.9. The van der Waals surface area contributed by atoms with Gasteiger partial charge in [0.15, 0.2) is 0 Å². The van der Waals surface area contributed by atoms with Crippen LogP contribution in [0, 0.1) is 10.1 Å². The molecule has 2 aliphatic heterocycles. The minimum atomic E-state index is -0.461. The maximum Gasteiger partial charge on any atom is 0.297 e. The van der Waals surface area contributed by atoms with E-state index in [9.17, 15) is 14.9 Å². The first-order valence-electron chi connectivity index (χ1n) is 7.29. The average molecular weight is 320 g/mol. The predicted octanol–water partition coefficient (Wildman–Crippen LogP) is 2.79. The van der Waals surface area contributed by atoms with Gasteiger partial charge in [0.25, 0.3) is 11.6 Å². The summed E-state index contributed by atoms with van der Waals surface area (Å²) in [7, 11) is 1.83. The van der Waals surface area contributed by atoms with Gasteiger partial charge in [0.05, 0.1) is 21.9 Å². The van der Waals surface area contributed by atoms with Crippen LogP contribution in [0.15, 0.2) is 59.2 Å². The van der Waals surface area contributed by atoms with Crippen molar-refractivity contribution in [3.63, 3.8) is 0 Å². The van der Waals surface area contributed by atoms with Crippen LogP contribution in [0.3, 0.4) is 0 Å². The monoisotopic (exact) mass is 320 g/mol. The summed E-state index contributed by atoms with van der Waals surface area (Å²) in [6.07, 6.45) is 1.52. The fourth-order valence-electron chi connectivity index (χ4n) is 2.96. The fraction of sp³-hybridized carbons (Fsp3) is 0.0588. The van der Waals surface area contributed by atoms with E-state index in [1.54, 1.807) is 23.1 Å². The first kappa shape index (κ1) is 14.1. The number of aliphatic imine (C=N–C) groups is 1. The smallest absolute Gasteiger partial charge is 0.297 e. The molecule has 0 unspecified atom stereocenters. The quantitative estimate of drug-likeness (QED) is 0.483. The average Bonchev–Trinajstić information content (AvgIpc) is 3.04. The number of nitrogens with zero attached hydrogens (tertiary/aromatic N) is 4. The van der Waals surface area contributed by atoms with Gasteiger partial charge in [-0.2, -0.15) is 4.99 Å². The molecule has 7 nitrogen and oxygen atoms in total. The molecule has 2 aliphatic rings. The zero-order chi connectivity index (χ0) is 16.8. The second-order valence-electron chi connectivity index (χ2n) is 5.45. The summed E-state index contributed by atoms with van der Waals surface area (Å²) in [5.41, 5.74) is 2.38. The number of nitro benzene ring substituents is 1. The van der Waals surface area contributed by atoms with Crippen molar-refractivity contribution in [2.75, 3.05) is 16.8 Å². The van der Waals surface area contributed by atoms with Crippen LogP contribution in [0.5, 0.6) is 0 Å². The largest absolute Gasteiger partial charge is 0.313 e. The van der Waals surface area contributed by atoms with E-state index in [4.69, 9.17) is 0 Å². The molecule has 1 amide bonds. The molecule has 7 heteroatoms. The zero-order valence-electron chi connectivity index (χ0n) is 12.7. The number of hydrogen-bond donors (Lipinski definition) is 0. The molecule has 0 fully saturated rings. The Morgan fingerprint density at radius 1 is 1.08 bits per heavy atom. The molecule has 4 rings (SSSR count). The Morgan fingerprint density at radius 2 is 1.75 bits per heavy atom. The van der Waals surface area contributed by atoms with Gasteiger partial charge in [0.2, 0.25) is 5.96 Å². The lowest BCUT2D eigenvalue weighted by atomic mass is 10.1. The first-order valence-corrected chi connectivity index (χ1v) is 7.29. The zero-order valence-corrected chi connectivity index (χ0v) is 12.7. The van der Waals surface area contributed by atoms with Crippen molar-refractivity contribution >= 4 is 35.0 Å². The van der Waals surface area contributed by atoms with Crippen LogP contribution >= 0.6 is 0 Å². The van der Waals surface area contributed by atoms with Gasteiger partial charge < -0.3 is 4.90 Å². The molecular weight excluding hydrogens is 308 g/mol. The number of anilines is 2. The lowest BCUT2D eigenvalue weighted by Gasteiger charge is -2.14. The van der Waals surface area contributed by atoms with E-state index in [2.05, 4.69) is 4.99 Å². The molecule has 24 heavy (non-hydrogen) atoms. The maximum absolute atomic E-state index is 12.3. The Morgan fingerprint density at radius 3 is 2.50 bits per heavy atom. The van der Waals surface area contributed by atoms with E-state index in [1.165, 1.54) is 12.1 Å². The highest BCUT2D eigenvalue weighted by molar-refractivity contribution is 6.30. The fourth-order valence-corrected chi connectivity index (χ4v) is 2.96. The highest BCUT2D eigenvalue weighted by atomic mass is 16.6. The van der Waals surface area contributed by atoms with E-state index in [0.717, 1.165) is 11.4 Å². The summed E-state index contributed by atoms with van der Waals surface area (Å²) >= 11 is 0. The van der Waals surface area contributed by atoms with Crippen molar-refractivity contribution in [2.45, 2.75) is 0 Å². The Kier molecular flexibility index (Phi) is 2.96. The minimum Gasteiger partial charge on any atom is -0.313 e. The molecule has 0 saturated carbocycles. The number of hydrogen-bond acceptors (Lipinski definition) is 5. The summed E-state index contributed by atoms with van der Waals surface area (Å²) < 4.78 is 0. The molecule has 2 aromatic carbocycles. The minimum absolute atomic E-state index is 0.0490. The summed E-state index contributed by atoms with van der Waals surface area (Å²) in [4.78, 5) is 30.7. The second-order valence-corrected chi connectivity index (χ2v) is 5.45. The standard InChI is InChI=1S/C17H12N4O3/c1-19-13-8-4-5-9-14(13)20-15(16(22)18-17(19)20)10-11-6-2-3-7-12(11)21(23)24/h2-10H,1H3. The van der Waals surface area contributed by atoms with Crippen LogP contribution in [-0.4, -0.2) is 23.8 Å². The van der Waals surface area contributed by atoms with Crippen LogP contribution in [0.1, 0.15) is 5.56 Å². The van der Waals surface area contributed by atoms with Crippen LogP contribution in [-0.2, 0) is 4.79 Å². The van der Waals surface area contributed by atoms with E-state index in [1.807, 2.05) is 36.2 Å². The Labute approximate surface area is 137 Å². The third kappa shape index (κ3) is 1.91. The Balaban J connectivity index is 1.87. The van der Waals surface area contributed by atoms with Crippen molar-refractivity contribution in [1.29, 1.82) is 0 Å². The van der Waals surface area contributed by atoms with E-state index in [-0.39, 0.29) is 5.69 Å².